The lowest BCUT2D eigenvalue weighted by atomic mass is 10.2. The molecule has 0 radical (unpaired) electrons. The number of anilines is 1. The van der Waals surface area contributed by atoms with E-state index in [1.54, 1.807) is 41.1 Å². The zero-order valence-electron chi connectivity index (χ0n) is 20.0. The average molecular weight is 601 g/mol. The molecular weight excluding hydrogens is 578 g/mol. The standard InChI is InChI=1S/C26H23BrClN5O3S/c1-18-11-13-23(14-12-18)37(35,36)32(22-10-6-7-20(27)15-22)17-25(34)30-29-16-24-19(2)33(31-26(24)28)21-8-4-3-5-9-21/h3-16H,17H2,1-2H3,(H,30,34)/b29-16-. The minimum absolute atomic E-state index is 0.0742. The summed E-state index contributed by atoms with van der Waals surface area (Å²) in [6, 6.07) is 22.6. The Bertz CT molecular complexity index is 1560. The van der Waals surface area contributed by atoms with Crippen molar-refractivity contribution < 1.29 is 13.2 Å². The lowest BCUT2D eigenvalue weighted by Crippen LogP contribution is -2.39. The van der Waals surface area contributed by atoms with Gasteiger partial charge in [0.25, 0.3) is 15.9 Å². The lowest BCUT2D eigenvalue weighted by molar-refractivity contribution is -0.119. The summed E-state index contributed by atoms with van der Waals surface area (Å²) >= 11 is 9.67. The zero-order valence-corrected chi connectivity index (χ0v) is 23.1. The van der Waals surface area contributed by atoms with Crippen LogP contribution >= 0.6 is 27.5 Å². The Kier molecular flexibility index (Phi) is 8.11. The third kappa shape index (κ3) is 6.10. The fraction of sp³-hybridized carbons (Fsp3) is 0.115. The predicted molar refractivity (Wildman–Crippen MR) is 149 cm³/mol. The van der Waals surface area contributed by atoms with E-state index in [9.17, 15) is 13.2 Å². The van der Waals surface area contributed by atoms with Crippen LogP contribution in [-0.2, 0) is 14.8 Å². The van der Waals surface area contributed by atoms with Gasteiger partial charge in [0.15, 0.2) is 5.15 Å². The van der Waals surface area contributed by atoms with E-state index in [1.165, 1.54) is 18.3 Å². The molecule has 0 aliphatic carbocycles. The first-order valence-electron chi connectivity index (χ1n) is 11.1. The van der Waals surface area contributed by atoms with Crippen molar-refractivity contribution >= 4 is 55.4 Å². The molecule has 1 N–H and O–H groups in total. The van der Waals surface area contributed by atoms with Crippen LogP contribution in [0.2, 0.25) is 5.15 Å². The number of sulfonamides is 1. The van der Waals surface area contributed by atoms with Gasteiger partial charge < -0.3 is 0 Å². The number of aryl methyl sites for hydroxylation is 1. The summed E-state index contributed by atoms with van der Waals surface area (Å²) in [5, 5.41) is 8.56. The molecular formula is C26H23BrClN5O3S. The first kappa shape index (κ1) is 26.6. The molecule has 1 aromatic heterocycles. The highest BCUT2D eigenvalue weighted by molar-refractivity contribution is 9.10. The lowest BCUT2D eigenvalue weighted by Gasteiger charge is -2.24. The van der Waals surface area contributed by atoms with Crippen molar-refractivity contribution in [1.82, 2.24) is 15.2 Å². The van der Waals surface area contributed by atoms with E-state index in [0.29, 0.717) is 15.7 Å². The van der Waals surface area contributed by atoms with E-state index in [4.69, 9.17) is 11.6 Å². The number of carbonyl (C=O) groups is 1. The van der Waals surface area contributed by atoms with Crippen molar-refractivity contribution in [2.75, 3.05) is 10.8 Å². The molecule has 0 saturated heterocycles. The van der Waals surface area contributed by atoms with Gasteiger partial charge in [-0.3, -0.25) is 9.10 Å². The van der Waals surface area contributed by atoms with Crippen LogP contribution in [0.3, 0.4) is 0 Å². The molecule has 0 aliphatic heterocycles. The Morgan fingerprint density at radius 1 is 1.08 bits per heavy atom. The van der Waals surface area contributed by atoms with Crippen LogP contribution in [0, 0.1) is 13.8 Å². The molecule has 1 amide bonds. The minimum Gasteiger partial charge on any atom is -0.271 e. The first-order valence-corrected chi connectivity index (χ1v) is 13.8. The van der Waals surface area contributed by atoms with Crippen LogP contribution in [-0.4, -0.2) is 36.9 Å². The molecule has 0 fully saturated rings. The second-order valence-corrected chi connectivity index (χ2v) is 11.3. The molecule has 1 heterocycles. The highest BCUT2D eigenvalue weighted by Crippen LogP contribution is 2.26. The third-order valence-corrected chi connectivity index (χ3v) is 8.05. The van der Waals surface area contributed by atoms with E-state index in [-0.39, 0.29) is 10.0 Å². The van der Waals surface area contributed by atoms with E-state index >= 15 is 0 Å². The van der Waals surface area contributed by atoms with Crippen molar-refractivity contribution in [2.45, 2.75) is 18.7 Å². The molecule has 3 aromatic carbocycles. The number of hydrogen-bond acceptors (Lipinski definition) is 5. The number of halogens is 2. The van der Waals surface area contributed by atoms with Gasteiger partial charge in [0.1, 0.15) is 6.54 Å². The molecule has 4 aromatic rings. The summed E-state index contributed by atoms with van der Waals surface area (Å²) in [4.78, 5) is 12.9. The summed E-state index contributed by atoms with van der Waals surface area (Å²) < 4.78 is 30.3. The van der Waals surface area contributed by atoms with Gasteiger partial charge in [0, 0.05) is 4.47 Å². The molecule has 0 bridgehead atoms. The molecule has 11 heteroatoms. The highest BCUT2D eigenvalue weighted by atomic mass is 79.9. The number of carbonyl (C=O) groups excluding carboxylic acids is 1. The number of hydrazone groups is 1. The monoisotopic (exact) mass is 599 g/mol. The summed E-state index contributed by atoms with van der Waals surface area (Å²) in [5.41, 5.74) is 5.74. The Labute approximate surface area is 228 Å². The van der Waals surface area contributed by atoms with Crippen molar-refractivity contribution in [2.24, 2.45) is 5.10 Å². The molecule has 8 nitrogen and oxygen atoms in total. The van der Waals surface area contributed by atoms with Crippen LogP contribution in [0.25, 0.3) is 5.69 Å². The Morgan fingerprint density at radius 2 is 1.78 bits per heavy atom. The summed E-state index contributed by atoms with van der Waals surface area (Å²) in [6.45, 7) is 3.21. The van der Waals surface area contributed by atoms with Gasteiger partial charge in [0.05, 0.1) is 33.7 Å². The Hall–Kier alpha value is -3.47. The van der Waals surface area contributed by atoms with Gasteiger partial charge in [-0.25, -0.2) is 18.5 Å². The molecule has 0 aliphatic rings. The van der Waals surface area contributed by atoms with Crippen molar-refractivity contribution in [1.29, 1.82) is 0 Å². The van der Waals surface area contributed by atoms with E-state index < -0.39 is 22.5 Å². The predicted octanol–water partition coefficient (Wildman–Crippen LogP) is 5.25. The van der Waals surface area contributed by atoms with E-state index in [1.807, 2.05) is 44.2 Å². The number of rotatable bonds is 8. The maximum absolute atomic E-state index is 13.5. The molecule has 0 unspecified atom stereocenters. The number of benzene rings is 3. The molecule has 0 spiro atoms. The second kappa shape index (κ2) is 11.3. The Balaban J connectivity index is 1.56. The number of nitrogens with one attached hydrogen (secondary N) is 1. The molecule has 190 valence electrons. The summed E-state index contributed by atoms with van der Waals surface area (Å²) in [7, 11) is -4.04. The minimum atomic E-state index is -4.04. The van der Waals surface area contributed by atoms with Gasteiger partial charge in [-0.2, -0.15) is 10.2 Å². The van der Waals surface area contributed by atoms with Gasteiger partial charge in [-0.1, -0.05) is 69.5 Å². The second-order valence-electron chi connectivity index (χ2n) is 8.14. The van der Waals surface area contributed by atoms with Crippen molar-refractivity contribution in [3.63, 3.8) is 0 Å². The largest absolute Gasteiger partial charge is 0.271 e. The van der Waals surface area contributed by atoms with Gasteiger partial charge in [-0.15, -0.1) is 0 Å². The number of hydrogen-bond donors (Lipinski definition) is 1. The van der Waals surface area contributed by atoms with Crippen LogP contribution in [0.15, 0.2) is 93.3 Å². The van der Waals surface area contributed by atoms with Crippen LogP contribution in [0.5, 0.6) is 0 Å². The van der Waals surface area contributed by atoms with Crippen molar-refractivity contribution in [3.8, 4) is 5.69 Å². The van der Waals surface area contributed by atoms with Gasteiger partial charge >= 0.3 is 0 Å². The molecule has 0 atom stereocenters. The fourth-order valence-electron chi connectivity index (χ4n) is 3.57. The SMILES string of the molecule is Cc1ccc(S(=O)(=O)N(CC(=O)N/N=C\c2c(Cl)nn(-c3ccccc3)c2C)c2cccc(Br)c2)cc1. The Morgan fingerprint density at radius 3 is 2.46 bits per heavy atom. The first-order chi connectivity index (χ1) is 17.7. The number of para-hydroxylation sites is 1. The maximum Gasteiger partial charge on any atom is 0.264 e. The quantitative estimate of drug-likeness (QED) is 0.221. The maximum atomic E-state index is 13.5. The smallest absolute Gasteiger partial charge is 0.264 e. The molecule has 0 saturated carbocycles. The topological polar surface area (TPSA) is 96.7 Å². The average Bonchev–Trinajstić information content (AvgIpc) is 3.16. The van der Waals surface area contributed by atoms with Crippen molar-refractivity contribution in [3.05, 3.63) is 105 Å². The molecule has 37 heavy (non-hydrogen) atoms. The van der Waals surface area contributed by atoms with Gasteiger partial charge in [-0.05, 0) is 56.3 Å². The van der Waals surface area contributed by atoms with Crippen LogP contribution in [0.4, 0.5) is 5.69 Å². The van der Waals surface area contributed by atoms with Crippen LogP contribution in [0.1, 0.15) is 16.8 Å². The van der Waals surface area contributed by atoms with Crippen LogP contribution < -0.4 is 9.73 Å². The summed E-state index contributed by atoms with van der Waals surface area (Å²) in [6.07, 6.45) is 1.39. The fourth-order valence-corrected chi connectivity index (χ4v) is 5.63. The third-order valence-electron chi connectivity index (χ3n) is 5.49. The number of amides is 1. The van der Waals surface area contributed by atoms with E-state index in [2.05, 4.69) is 31.6 Å². The zero-order chi connectivity index (χ0) is 26.6. The normalized spacial score (nSPS) is 11.6. The number of nitrogens with zero attached hydrogens (tertiary/aromatic N) is 4. The van der Waals surface area contributed by atoms with Gasteiger partial charge in [0.2, 0.25) is 0 Å². The van der Waals surface area contributed by atoms with E-state index in [0.717, 1.165) is 21.2 Å². The molecule has 4 rings (SSSR count). The summed E-state index contributed by atoms with van der Waals surface area (Å²) in [5.74, 6) is -0.629. The number of aromatic nitrogens is 2. The highest BCUT2D eigenvalue weighted by Gasteiger charge is 2.27.